The first-order chi connectivity index (χ1) is 28.9. The first-order valence-corrected chi connectivity index (χ1v) is 21.9. The smallest absolute Gasteiger partial charge is 0.243 e. The zero-order valence-electron chi connectivity index (χ0n) is 34.7. The monoisotopic (exact) mass is 828 g/mol. The number of rotatable bonds is 10. The van der Waals surface area contributed by atoms with Gasteiger partial charge in [-0.05, 0) is 86.3 Å². The average Bonchev–Trinajstić information content (AvgIpc) is 4.04. The number of phenolic OH excluding ortho intramolecular Hbond substituents is 1. The second-order valence-electron chi connectivity index (χ2n) is 17.6. The average molecular weight is 829 g/mol. The molecular weight excluding hydrogens is 777 g/mol. The number of aromatic hydroxyl groups is 1. The molecule has 2 saturated heterocycles. The molecule has 0 unspecified atom stereocenters. The number of fused-ring (bicyclic) bond motifs is 1. The summed E-state index contributed by atoms with van der Waals surface area (Å²) in [6.45, 7) is 9.63. The van der Waals surface area contributed by atoms with Crippen LogP contribution in [0.15, 0.2) is 76.8 Å². The van der Waals surface area contributed by atoms with Gasteiger partial charge in [0, 0.05) is 56.3 Å². The number of piperidine rings is 1. The number of carbonyl (C=O) groups is 2. The Morgan fingerprint density at radius 3 is 2.45 bits per heavy atom. The summed E-state index contributed by atoms with van der Waals surface area (Å²) in [5.41, 5.74) is 9.56. The van der Waals surface area contributed by atoms with E-state index < -0.39 is 18.1 Å². The number of nitrogens with one attached hydrogen (secondary N) is 1. The summed E-state index contributed by atoms with van der Waals surface area (Å²) in [6, 6.07) is 20.3. The third-order valence-electron chi connectivity index (χ3n) is 13.3. The van der Waals surface area contributed by atoms with E-state index in [0.717, 1.165) is 77.3 Å². The minimum Gasteiger partial charge on any atom is -0.507 e. The van der Waals surface area contributed by atoms with Crippen molar-refractivity contribution in [3.63, 3.8) is 0 Å². The lowest BCUT2D eigenvalue weighted by Gasteiger charge is -2.52. The molecule has 1 saturated carbocycles. The minimum atomic E-state index is -0.802. The van der Waals surface area contributed by atoms with Crippen molar-refractivity contribution in [3.8, 4) is 27.4 Å². The number of aliphatic hydroxyl groups is 1. The van der Waals surface area contributed by atoms with Crippen LogP contribution >= 0.6 is 11.3 Å². The number of aliphatic hydroxyl groups excluding tert-OH is 1. The molecule has 60 heavy (non-hydrogen) atoms. The molecule has 3 aliphatic rings. The van der Waals surface area contributed by atoms with Gasteiger partial charge >= 0.3 is 0 Å². The number of nitrogens with zero attached hydrogens (tertiary/aromatic N) is 7. The van der Waals surface area contributed by atoms with E-state index in [1.807, 2.05) is 81.7 Å². The normalized spacial score (nSPS) is 20.2. The van der Waals surface area contributed by atoms with E-state index in [9.17, 15) is 19.8 Å². The van der Waals surface area contributed by atoms with Crippen LogP contribution in [0.4, 0.5) is 5.82 Å². The van der Waals surface area contributed by atoms with E-state index in [1.165, 1.54) is 10.6 Å². The lowest BCUT2D eigenvalue weighted by Crippen LogP contribution is -2.48. The Labute approximate surface area is 353 Å². The van der Waals surface area contributed by atoms with Crippen LogP contribution in [0.25, 0.3) is 32.7 Å². The molecule has 0 radical (unpaired) electrons. The SMILES string of the molecule is Cc1ncsc1-c1ccc([C@H](C)NC(=O)[C@@H]2C[C@@H](O)CN2C(=O)[C@@H](c2cc(N3CCC4(CC3)CC(c3cc5nnc(-c6ccccc6O)cc5n3C)C4)no2)C(C)C)cc1. The van der Waals surface area contributed by atoms with Gasteiger partial charge in [0.25, 0.3) is 0 Å². The first kappa shape index (κ1) is 39.8. The third kappa shape index (κ3) is 7.33. The highest BCUT2D eigenvalue weighted by molar-refractivity contribution is 7.13. The van der Waals surface area contributed by atoms with Crippen molar-refractivity contribution in [2.75, 3.05) is 24.5 Å². The van der Waals surface area contributed by atoms with E-state index in [0.29, 0.717) is 22.9 Å². The second kappa shape index (κ2) is 15.8. The minimum absolute atomic E-state index is 0.0824. The summed E-state index contributed by atoms with van der Waals surface area (Å²) in [5, 5.41) is 37.6. The lowest BCUT2D eigenvalue weighted by atomic mass is 9.57. The Morgan fingerprint density at radius 1 is 1.00 bits per heavy atom. The maximum absolute atomic E-state index is 14.3. The van der Waals surface area contributed by atoms with Gasteiger partial charge in [-0.25, -0.2) is 4.98 Å². The number of likely N-dealkylation sites (tertiary alicyclic amines) is 1. The molecule has 6 aromatic rings. The fourth-order valence-corrected chi connectivity index (χ4v) is 10.7. The number of anilines is 1. The lowest BCUT2D eigenvalue weighted by molar-refractivity contribution is -0.141. The molecule has 1 spiro atoms. The van der Waals surface area contributed by atoms with Gasteiger partial charge in [-0.2, -0.15) is 0 Å². The largest absolute Gasteiger partial charge is 0.507 e. The Morgan fingerprint density at radius 2 is 1.75 bits per heavy atom. The van der Waals surface area contributed by atoms with Crippen molar-refractivity contribution in [2.45, 2.75) is 89.8 Å². The van der Waals surface area contributed by atoms with Crippen LogP contribution in [-0.4, -0.2) is 83.6 Å². The number of para-hydroxylation sites is 1. The van der Waals surface area contributed by atoms with Gasteiger partial charge < -0.3 is 34.4 Å². The number of carbonyl (C=O) groups excluding carboxylic acids is 2. The van der Waals surface area contributed by atoms with Crippen molar-refractivity contribution in [3.05, 3.63) is 95.0 Å². The zero-order chi connectivity index (χ0) is 41.9. The standard InChI is InChI=1S/C46H52N8O5S/c1-26(2)42(45(58)54-24-32(55)18-38(54)44(57)48-27(3)29-10-12-30(13-11-29)43-28(4)47-25-60-43)40-21-41(51-59-40)53-16-14-46(15-17-53)22-31(23-46)36-20-35-37(52(36)5)19-34(49-50-35)33-8-6-7-9-39(33)56/h6-13,19-21,25-27,31-32,38,42,55-56H,14-18,22-24H2,1-5H3,(H,48,57)/t27-,32+,38-,42+/m0/s1. The number of benzene rings is 2. The van der Waals surface area contributed by atoms with Crippen LogP contribution in [0.2, 0.25) is 0 Å². The molecular formula is C46H52N8O5S. The van der Waals surface area contributed by atoms with E-state index in [1.54, 1.807) is 23.5 Å². The molecule has 9 rings (SSSR count). The molecule has 2 aliphatic heterocycles. The van der Waals surface area contributed by atoms with Gasteiger partial charge in [-0.1, -0.05) is 55.4 Å². The molecule has 14 heteroatoms. The number of hydrogen-bond donors (Lipinski definition) is 3. The van der Waals surface area contributed by atoms with Gasteiger partial charge in [0.2, 0.25) is 11.8 Å². The number of phenols is 1. The molecule has 0 bridgehead atoms. The Bertz CT molecular complexity index is 2530. The third-order valence-corrected chi connectivity index (χ3v) is 14.3. The summed E-state index contributed by atoms with van der Waals surface area (Å²) in [6.07, 6.45) is 3.66. The highest BCUT2D eigenvalue weighted by Crippen LogP contribution is 2.57. The molecule has 312 valence electrons. The van der Waals surface area contributed by atoms with Gasteiger partial charge in [0.1, 0.15) is 23.2 Å². The van der Waals surface area contributed by atoms with Gasteiger partial charge in [0.15, 0.2) is 11.6 Å². The fraction of sp³-hybridized carbons (Fsp3) is 0.435. The Kier molecular flexibility index (Phi) is 10.5. The van der Waals surface area contributed by atoms with Gasteiger partial charge in [-0.3, -0.25) is 9.59 Å². The van der Waals surface area contributed by atoms with Gasteiger partial charge in [-0.15, -0.1) is 21.5 Å². The summed E-state index contributed by atoms with van der Waals surface area (Å²) >= 11 is 1.60. The quantitative estimate of drug-likeness (QED) is 0.126. The molecule has 3 fully saturated rings. The van der Waals surface area contributed by atoms with Crippen molar-refractivity contribution in [1.82, 2.24) is 35.1 Å². The number of thiazole rings is 1. The Balaban J connectivity index is 0.821. The highest BCUT2D eigenvalue weighted by atomic mass is 32.1. The Hall–Kier alpha value is -5.60. The zero-order valence-corrected chi connectivity index (χ0v) is 35.5. The number of hydrogen-bond acceptors (Lipinski definition) is 11. The van der Waals surface area contributed by atoms with Crippen LogP contribution in [-0.2, 0) is 16.6 Å². The maximum Gasteiger partial charge on any atom is 0.243 e. The van der Waals surface area contributed by atoms with Crippen LogP contribution in [0, 0.1) is 18.3 Å². The molecule has 4 atom stereocenters. The summed E-state index contributed by atoms with van der Waals surface area (Å²) in [5.74, 6) is 0.504. The second-order valence-corrected chi connectivity index (χ2v) is 18.4. The van der Waals surface area contributed by atoms with Crippen molar-refractivity contribution in [1.29, 1.82) is 0 Å². The predicted molar refractivity (Wildman–Crippen MR) is 231 cm³/mol. The van der Waals surface area contributed by atoms with E-state index in [-0.39, 0.29) is 47.9 Å². The van der Waals surface area contributed by atoms with Crippen LogP contribution in [0.3, 0.4) is 0 Å². The molecule has 3 N–H and O–H groups in total. The van der Waals surface area contributed by atoms with E-state index in [4.69, 9.17) is 4.52 Å². The first-order valence-electron chi connectivity index (χ1n) is 21.0. The summed E-state index contributed by atoms with van der Waals surface area (Å²) in [4.78, 5) is 37.3. The van der Waals surface area contributed by atoms with Crippen LogP contribution in [0.5, 0.6) is 5.75 Å². The molecule has 13 nitrogen and oxygen atoms in total. The molecule has 2 amide bonds. The number of β-amino-alcohol motifs (C(OH)–C–C–N with tert-alkyl or cyclic N) is 1. The van der Waals surface area contributed by atoms with Crippen molar-refractivity contribution >= 4 is 40.0 Å². The van der Waals surface area contributed by atoms with Crippen LogP contribution in [0.1, 0.15) is 93.5 Å². The highest BCUT2D eigenvalue weighted by Gasteiger charge is 2.48. The molecule has 1 aliphatic carbocycles. The van der Waals surface area contributed by atoms with E-state index in [2.05, 4.69) is 48.2 Å². The van der Waals surface area contributed by atoms with E-state index >= 15 is 0 Å². The van der Waals surface area contributed by atoms with Crippen LogP contribution < -0.4 is 10.2 Å². The molecule has 6 heterocycles. The topological polar surface area (TPSA) is 163 Å². The predicted octanol–water partition coefficient (Wildman–Crippen LogP) is 7.50. The number of aryl methyl sites for hydroxylation is 2. The van der Waals surface area contributed by atoms with Crippen molar-refractivity contribution in [2.24, 2.45) is 18.4 Å². The molecule has 2 aromatic carbocycles. The number of aromatic nitrogens is 5. The number of amides is 2. The summed E-state index contributed by atoms with van der Waals surface area (Å²) in [7, 11) is 2.09. The van der Waals surface area contributed by atoms with Gasteiger partial charge in [0.05, 0.1) is 39.4 Å². The maximum atomic E-state index is 14.3. The molecule has 4 aromatic heterocycles. The summed E-state index contributed by atoms with van der Waals surface area (Å²) < 4.78 is 8.16. The fourth-order valence-electron chi connectivity index (χ4n) is 9.86. The van der Waals surface area contributed by atoms with Crippen molar-refractivity contribution < 1.29 is 24.3 Å².